The smallest absolute Gasteiger partial charge is 0.335 e. The molecule has 2 unspecified atom stereocenters. The minimum absolute atomic E-state index is 0.0233. The van der Waals surface area contributed by atoms with Crippen LogP contribution < -0.4 is 4.74 Å². The Bertz CT molecular complexity index is 1250. The molecule has 1 aromatic heterocycles. The lowest BCUT2D eigenvalue weighted by atomic mass is 9.91. The third-order valence-corrected chi connectivity index (χ3v) is 6.63. The summed E-state index contributed by atoms with van der Waals surface area (Å²) >= 11 is 6.63. The Morgan fingerprint density at radius 2 is 1.89 bits per heavy atom. The van der Waals surface area contributed by atoms with Crippen LogP contribution in [0.15, 0.2) is 55.1 Å². The summed E-state index contributed by atoms with van der Waals surface area (Å²) in [5, 5.41) is 43.7. The van der Waals surface area contributed by atoms with E-state index in [-0.39, 0.29) is 17.3 Å². The number of rotatable bonds is 7. The first kappa shape index (κ1) is 24.6. The molecule has 13 heteroatoms. The first-order chi connectivity index (χ1) is 17.2. The number of carboxylic acid groups (broad SMARTS) is 1. The van der Waals surface area contributed by atoms with Gasteiger partial charge in [-0.1, -0.05) is 35.9 Å². The van der Waals surface area contributed by atoms with Gasteiger partial charge in [-0.25, -0.2) is 18.9 Å². The quantitative estimate of drug-likeness (QED) is 0.330. The number of halogens is 2. The molecule has 0 spiro atoms. The van der Waals surface area contributed by atoms with Crippen LogP contribution in [0.5, 0.6) is 5.75 Å². The Kier molecular flexibility index (Phi) is 6.41. The summed E-state index contributed by atoms with van der Waals surface area (Å²) in [7, 11) is 0. The van der Waals surface area contributed by atoms with E-state index in [1.54, 1.807) is 28.9 Å². The highest BCUT2D eigenvalue weighted by atomic mass is 35.5. The molecule has 0 aliphatic carbocycles. The minimum Gasteiger partial charge on any atom is -0.479 e. The van der Waals surface area contributed by atoms with Gasteiger partial charge in [0.05, 0.1) is 11.6 Å². The van der Waals surface area contributed by atoms with Crippen LogP contribution in [0.25, 0.3) is 0 Å². The van der Waals surface area contributed by atoms with Crippen molar-refractivity contribution in [2.75, 3.05) is 0 Å². The predicted molar refractivity (Wildman–Crippen MR) is 118 cm³/mol. The molecule has 5 rings (SSSR count). The van der Waals surface area contributed by atoms with Crippen molar-refractivity contribution >= 4 is 17.6 Å². The number of epoxide rings is 1. The second kappa shape index (κ2) is 9.39. The first-order valence-electron chi connectivity index (χ1n) is 10.8. The average Bonchev–Trinajstić information content (AvgIpc) is 3.32. The molecule has 0 amide bonds. The number of aromatic nitrogens is 3. The normalized spacial score (nSPS) is 31.7. The van der Waals surface area contributed by atoms with Gasteiger partial charge in [-0.15, -0.1) is 0 Å². The number of aliphatic hydroxyl groups is 3. The number of ether oxygens (including phenoxy) is 3. The van der Waals surface area contributed by atoms with Gasteiger partial charge >= 0.3 is 5.97 Å². The van der Waals surface area contributed by atoms with Crippen LogP contribution in [0, 0.1) is 5.82 Å². The van der Waals surface area contributed by atoms with Crippen molar-refractivity contribution in [2.45, 2.75) is 49.0 Å². The molecule has 3 aromatic rings. The summed E-state index contributed by atoms with van der Waals surface area (Å²) < 4.78 is 32.1. The van der Waals surface area contributed by atoms with Gasteiger partial charge in [0.1, 0.15) is 54.2 Å². The molecule has 190 valence electrons. The topological polar surface area (TPSA) is 160 Å². The van der Waals surface area contributed by atoms with Gasteiger partial charge in [0, 0.05) is 5.56 Å². The molecule has 0 saturated carbocycles. The van der Waals surface area contributed by atoms with Crippen LogP contribution in [-0.4, -0.2) is 71.9 Å². The lowest BCUT2D eigenvalue weighted by molar-refractivity contribution is -0.271. The molecule has 3 heterocycles. The van der Waals surface area contributed by atoms with E-state index in [0.717, 1.165) is 0 Å². The van der Waals surface area contributed by atoms with Crippen LogP contribution in [0.1, 0.15) is 17.2 Å². The van der Waals surface area contributed by atoms with Gasteiger partial charge in [-0.05, 0) is 23.8 Å². The van der Waals surface area contributed by atoms with Crippen molar-refractivity contribution in [1.29, 1.82) is 0 Å². The second-order valence-electron chi connectivity index (χ2n) is 8.50. The zero-order valence-corrected chi connectivity index (χ0v) is 19.1. The number of aliphatic hydroxyl groups excluding tert-OH is 3. The van der Waals surface area contributed by atoms with Crippen molar-refractivity contribution in [1.82, 2.24) is 14.8 Å². The fourth-order valence-corrected chi connectivity index (χ4v) is 4.57. The summed E-state index contributed by atoms with van der Waals surface area (Å²) in [5.41, 5.74) is 0.234. The van der Waals surface area contributed by atoms with Crippen LogP contribution in [0.4, 0.5) is 4.39 Å². The fraction of sp³-hybridized carbons (Fsp3) is 0.348. The number of carboxylic acids is 1. The zero-order valence-electron chi connectivity index (χ0n) is 18.4. The van der Waals surface area contributed by atoms with Crippen molar-refractivity contribution in [3.8, 4) is 5.75 Å². The largest absolute Gasteiger partial charge is 0.479 e. The SMILES string of the molecule is O=C(O)[C@H]1O[C@H](Oc2cccc(C3OC3(Cn3cncn3)c3ccc(F)cc3)c2Cl)[C@H](O)[C@@H](O)[C@@H]1O. The number of nitrogens with zero attached hydrogens (tertiary/aromatic N) is 3. The van der Waals surface area contributed by atoms with Gasteiger partial charge in [-0.2, -0.15) is 5.10 Å². The summed E-state index contributed by atoms with van der Waals surface area (Å²) in [4.78, 5) is 15.3. The molecular weight excluding hydrogens is 501 g/mol. The van der Waals surface area contributed by atoms with E-state index >= 15 is 0 Å². The molecule has 0 bridgehead atoms. The molecule has 36 heavy (non-hydrogen) atoms. The lowest BCUT2D eigenvalue weighted by Crippen LogP contribution is -2.61. The van der Waals surface area contributed by atoms with Crippen molar-refractivity contribution in [2.24, 2.45) is 0 Å². The van der Waals surface area contributed by atoms with Crippen LogP contribution in [0.2, 0.25) is 5.02 Å². The van der Waals surface area contributed by atoms with E-state index < -0.39 is 54.2 Å². The fourth-order valence-electron chi connectivity index (χ4n) is 4.30. The molecule has 4 N–H and O–H groups in total. The number of benzene rings is 2. The van der Waals surface area contributed by atoms with E-state index in [4.69, 9.17) is 25.8 Å². The van der Waals surface area contributed by atoms with Gasteiger partial charge in [0.15, 0.2) is 6.10 Å². The Hall–Kier alpha value is -3.13. The number of hydrogen-bond acceptors (Lipinski definition) is 9. The maximum atomic E-state index is 13.6. The third kappa shape index (κ3) is 4.32. The van der Waals surface area contributed by atoms with Gasteiger partial charge < -0.3 is 34.6 Å². The van der Waals surface area contributed by atoms with E-state index in [2.05, 4.69) is 10.1 Å². The molecule has 2 aliphatic rings. The van der Waals surface area contributed by atoms with Gasteiger partial charge in [0.2, 0.25) is 6.29 Å². The minimum atomic E-state index is -1.85. The van der Waals surface area contributed by atoms with Crippen LogP contribution in [0.3, 0.4) is 0 Å². The number of hydrogen-bond donors (Lipinski definition) is 4. The van der Waals surface area contributed by atoms with Crippen LogP contribution in [-0.2, 0) is 26.4 Å². The summed E-state index contributed by atoms with van der Waals surface area (Å²) in [5.74, 6) is -1.92. The maximum absolute atomic E-state index is 13.6. The maximum Gasteiger partial charge on any atom is 0.335 e. The highest BCUT2D eigenvalue weighted by molar-refractivity contribution is 6.33. The molecule has 2 saturated heterocycles. The Balaban J connectivity index is 1.44. The number of aliphatic carboxylic acids is 1. The van der Waals surface area contributed by atoms with E-state index in [9.17, 15) is 29.6 Å². The van der Waals surface area contributed by atoms with Crippen LogP contribution >= 0.6 is 11.6 Å². The van der Waals surface area contributed by atoms with E-state index in [1.807, 2.05) is 0 Å². The average molecular weight is 522 g/mol. The van der Waals surface area contributed by atoms with Gasteiger partial charge in [0.25, 0.3) is 0 Å². The number of carbonyl (C=O) groups is 1. The zero-order chi connectivity index (χ0) is 25.6. The van der Waals surface area contributed by atoms with Crippen molar-refractivity contribution in [3.63, 3.8) is 0 Å². The standard InChI is InChI=1S/C23H21ClFN3O8/c24-15-13(2-1-3-14(15)34-22-18(31)16(29)17(30)19(35-22)21(32)33)20-23(36-20,8-28-10-26-9-27-28)11-4-6-12(25)7-5-11/h1-7,9-10,16-20,22,29-31H,8H2,(H,32,33)/t16-,17-,18+,19-,20?,22-,23?/m0/s1. The van der Waals surface area contributed by atoms with Crippen molar-refractivity contribution < 1.29 is 43.8 Å². The molecular formula is C23H21ClFN3O8. The lowest BCUT2D eigenvalue weighted by Gasteiger charge is -2.38. The van der Waals surface area contributed by atoms with Gasteiger partial charge in [-0.3, -0.25) is 0 Å². The molecule has 11 nitrogen and oxygen atoms in total. The first-order valence-corrected chi connectivity index (χ1v) is 11.2. The highest BCUT2D eigenvalue weighted by Gasteiger charge is 2.60. The monoisotopic (exact) mass is 521 g/mol. The summed E-state index contributed by atoms with van der Waals surface area (Å²) in [6.45, 7) is 0.250. The highest BCUT2D eigenvalue weighted by Crippen LogP contribution is 2.60. The summed E-state index contributed by atoms with van der Waals surface area (Å²) in [6.07, 6.45) is -6.59. The summed E-state index contributed by atoms with van der Waals surface area (Å²) in [6, 6.07) is 10.6. The third-order valence-electron chi connectivity index (χ3n) is 6.22. The molecule has 2 fully saturated rings. The predicted octanol–water partition coefficient (Wildman–Crippen LogP) is 1.01. The Labute approximate surface area is 208 Å². The molecule has 0 radical (unpaired) electrons. The van der Waals surface area contributed by atoms with E-state index in [1.165, 1.54) is 30.9 Å². The van der Waals surface area contributed by atoms with Crippen molar-refractivity contribution in [3.05, 3.63) is 77.1 Å². The second-order valence-corrected chi connectivity index (χ2v) is 8.88. The molecule has 2 aromatic carbocycles. The molecule has 2 aliphatic heterocycles. The van der Waals surface area contributed by atoms with E-state index in [0.29, 0.717) is 11.1 Å². The Morgan fingerprint density at radius 1 is 1.14 bits per heavy atom. The molecule has 7 atom stereocenters. The Morgan fingerprint density at radius 3 is 2.56 bits per heavy atom.